The van der Waals surface area contributed by atoms with Crippen molar-refractivity contribution in [2.24, 2.45) is 0 Å². The van der Waals surface area contributed by atoms with Crippen LogP contribution in [0.5, 0.6) is 0 Å². The smallest absolute Gasteiger partial charge is 0.324 e. The van der Waals surface area contributed by atoms with Gasteiger partial charge in [-0.2, -0.15) is 13.2 Å². The molecule has 0 heterocycles. The Morgan fingerprint density at radius 3 is 2.52 bits per heavy atom. The second kappa shape index (κ2) is 7.89. The zero-order valence-corrected chi connectivity index (χ0v) is 14.6. The molecule has 1 N–H and O–H groups in total. The summed E-state index contributed by atoms with van der Waals surface area (Å²) in [6.45, 7) is 2.45. The summed E-state index contributed by atoms with van der Waals surface area (Å²) in [5, 5.41) is 2.28. The molecule has 0 aliphatic carbocycles. The Kier molecular flexibility index (Phi) is 6.08. The molecule has 2 aromatic carbocycles. The van der Waals surface area contributed by atoms with Gasteiger partial charge in [-0.1, -0.05) is 35.9 Å². The molecule has 0 aromatic heterocycles. The molecule has 0 aliphatic rings. The summed E-state index contributed by atoms with van der Waals surface area (Å²) in [6, 6.07) is 11.0. The Hall–Kier alpha value is -2.05. The fourth-order valence-corrected chi connectivity index (χ4v) is 2.60. The fraction of sp³-hybridized carbons (Fsp3) is 0.278. The van der Waals surface area contributed by atoms with Gasteiger partial charge in [-0.25, -0.2) is 0 Å². The Bertz CT molecular complexity index is 762. The highest BCUT2D eigenvalue weighted by molar-refractivity contribution is 6.30. The molecule has 0 aliphatic heterocycles. The minimum absolute atomic E-state index is 0.0335. The highest BCUT2D eigenvalue weighted by atomic mass is 35.5. The number of carbonyl (C=O) groups is 1. The summed E-state index contributed by atoms with van der Waals surface area (Å²) in [7, 11) is 1.73. The molecule has 0 saturated heterocycles. The lowest BCUT2D eigenvalue weighted by molar-refractivity contribution is -0.137. The van der Waals surface area contributed by atoms with Crippen molar-refractivity contribution >= 4 is 23.2 Å². The summed E-state index contributed by atoms with van der Waals surface area (Å²) in [6.07, 6.45) is -4.60. The van der Waals surface area contributed by atoms with Crippen molar-refractivity contribution < 1.29 is 18.0 Å². The Balaban J connectivity index is 2.04. The summed E-state index contributed by atoms with van der Waals surface area (Å²) >= 11 is 5.63. The van der Waals surface area contributed by atoms with Gasteiger partial charge in [0.25, 0.3) is 0 Å². The molecule has 1 amide bonds. The maximum absolute atomic E-state index is 13.1. The molecule has 0 spiro atoms. The molecule has 0 fully saturated rings. The van der Waals surface area contributed by atoms with Crippen LogP contribution in [0.25, 0.3) is 0 Å². The first kappa shape index (κ1) is 19.3. The van der Waals surface area contributed by atoms with E-state index in [9.17, 15) is 18.0 Å². The van der Waals surface area contributed by atoms with Gasteiger partial charge in [-0.3, -0.25) is 9.69 Å². The molecule has 0 saturated carbocycles. The number of amides is 1. The quantitative estimate of drug-likeness (QED) is 0.824. The average molecular weight is 371 g/mol. The molecule has 134 valence electrons. The lowest BCUT2D eigenvalue weighted by atomic mass is 10.1. The van der Waals surface area contributed by atoms with Crippen molar-refractivity contribution in [1.82, 2.24) is 4.90 Å². The van der Waals surface area contributed by atoms with Crippen LogP contribution in [0, 0.1) is 6.92 Å². The highest BCUT2D eigenvalue weighted by Crippen LogP contribution is 2.36. The summed E-state index contributed by atoms with van der Waals surface area (Å²) in [4.78, 5) is 13.8. The standard InChI is InChI=1S/C18H18ClF3N2O/c1-12-5-3-4-6-13(12)10-24(2)11-17(25)23-16-8-7-14(19)9-15(16)18(20,21)22/h3-9H,10-11H2,1-2H3,(H,23,25). The molecule has 2 rings (SSSR count). The molecular formula is C18H18ClF3N2O. The number of benzene rings is 2. The van der Waals surface area contributed by atoms with Crippen LogP contribution < -0.4 is 5.32 Å². The minimum atomic E-state index is -4.60. The van der Waals surface area contributed by atoms with Crippen LogP contribution in [-0.2, 0) is 17.5 Å². The van der Waals surface area contributed by atoms with E-state index in [1.807, 2.05) is 31.2 Å². The molecule has 25 heavy (non-hydrogen) atoms. The predicted molar refractivity (Wildman–Crippen MR) is 92.6 cm³/mol. The van der Waals surface area contributed by atoms with Gasteiger partial charge in [0.2, 0.25) is 5.91 Å². The van der Waals surface area contributed by atoms with E-state index in [4.69, 9.17) is 11.6 Å². The van der Waals surface area contributed by atoms with Crippen molar-refractivity contribution in [3.8, 4) is 0 Å². The maximum Gasteiger partial charge on any atom is 0.418 e. The predicted octanol–water partition coefficient (Wildman–Crippen LogP) is 4.74. The first-order chi connectivity index (χ1) is 11.7. The third-order valence-electron chi connectivity index (χ3n) is 3.68. The van der Waals surface area contributed by atoms with E-state index in [-0.39, 0.29) is 17.3 Å². The topological polar surface area (TPSA) is 32.3 Å². The van der Waals surface area contributed by atoms with E-state index in [0.29, 0.717) is 6.54 Å². The first-order valence-corrected chi connectivity index (χ1v) is 7.94. The van der Waals surface area contributed by atoms with Gasteiger partial charge in [-0.05, 0) is 43.3 Å². The van der Waals surface area contributed by atoms with Crippen LogP contribution in [0.3, 0.4) is 0 Å². The molecule has 0 radical (unpaired) electrons. The molecule has 7 heteroatoms. The summed E-state index contributed by atoms with van der Waals surface area (Å²) in [5.74, 6) is -0.524. The maximum atomic E-state index is 13.1. The molecular weight excluding hydrogens is 353 g/mol. The third kappa shape index (κ3) is 5.47. The SMILES string of the molecule is Cc1ccccc1CN(C)CC(=O)Nc1ccc(Cl)cc1C(F)(F)F. The van der Waals surface area contributed by atoms with E-state index in [1.54, 1.807) is 11.9 Å². The van der Waals surface area contributed by atoms with Gasteiger partial charge in [0.1, 0.15) is 0 Å². The van der Waals surface area contributed by atoms with Crippen molar-refractivity contribution in [2.75, 3.05) is 18.9 Å². The molecule has 0 atom stereocenters. The second-order valence-corrected chi connectivity index (χ2v) is 6.27. The van der Waals surface area contributed by atoms with Gasteiger partial charge in [0.05, 0.1) is 17.8 Å². The normalized spacial score (nSPS) is 11.6. The van der Waals surface area contributed by atoms with Crippen molar-refractivity contribution in [3.63, 3.8) is 0 Å². The third-order valence-corrected chi connectivity index (χ3v) is 3.91. The van der Waals surface area contributed by atoms with E-state index >= 15 is 0 Å². The Labute approximate surface area is 149 Å². The van der Waals surface area contributed by atoms with Crippen LogP contribution in [-0.4, -0.2) is 24.4 Å². The van der Waals surface area contributed by atoms with Crippen LogP contribution >= 0.6 is 11.6 Å². The number of hydrogen-bond donors (Lipinski definition) is 1. The van der Waals surface area contributed by atoms with Gasteiger partial charge < -0.3 is 5.32 Å². The van der Waals surface area contributed by atoms with Crippen LogP contribution in [0.2, 0.25) is 5.02 Å². The Morgan fingerprint density at radius 1 is 1.20 bits per heavy atom. The average Bonchev–Trinajstić information content (AvgIpc) is 2.50. The van der Waals surface area contributed by atoms with E-state index in [2.05, 4.69) is 5.32 Å². The summed E-state index contributed by atoms with van der Waals surface area (Å²) in [5.41, 5.74) is 0.883. The molecule has 2 aromatic rings. The fourth-order valence-electron chi connectivity index (χ4n) is 2.43. The van der Waals surface area contributed by atoms with Crippen LogP contribution in [0.1, 0.15) is 16.7 Å². The van der Waals surface area contributed by atoms with Crippen molar-refractivity contribution in [2.45, 2.75) is 19.6 Å². The number of halogens is 4. The van der Waals surface area contributed by atoms with Crippen LogP contribution in [0.15, 0.2) is 42.5 Å². The highest BCUT2D eigenvalue weighted by Gasteiger charge is 2.34. The largest absolute Gasteiger partial charge is 0.418 e. The number of alkyl halides is 3. The van der Waals surface area contributed by atoms with Gasteiger partial charge in [-0.15, -0.1) is 0 Å². The number of carbonyl (C=O) groups excluding carboxylic acids is 1. The Morgan fingerprint density at radius 2 is 1.88 bits per heavy atom. The second-order valence-electron chi connectivity index (χ2n) is 5.83. The minimum Gasteiger partial charge on any atom is -0.324 e. The lowest BCUT2D eigenvalue weighted by Gasteiger charge is -2.19. The number of rotatable bonds is 5. The molecule has 3 nitrogen and oxygen atoms in total. The van der Waals surface area contributed by atoms with Crippen LogP contribution in [0.4, 0.5) is 18.9 Å². The van der Waals surface area contributed by atoms with Gasteiger partial charge in [0, 0.05) is 11.6 Å². The number of hydrogen-bond acceptors (Lipinski definition) is 2. The van der Waals surface area contributed by atoms with Gasteiger partial charge in [0.15, 0.2) is 0 Å². The number of nitrogens with zero attached hydrogens (tertiary/aromatic N) is 1. The monoisotopic (exact) mass is 370 g/mol. The van der Waals surface area contributed by atoms with E-state index in [1.165, 1.54) is 6.07 Å². The lowest BCUT2D eigenvalue weighted by Crippen LogP contribution is -2.30. The number of nitrogens with one attached hydrogen (secondary N) is 1. The molecule has 0 unspecified atom stereocenters. The van der Waals surface area contributed by atoms with Crippen molar-refractivity contribution in [3.05, 3.63) is 64.2 Å². The zero-order chi connectivity index (χ0) is 18.6. The summed E-state index contributed by atoms with van der Waals surface area (Å²) < 4.78 is 39.2. The molecule has 0 bridgehead atoms. The number of likely N-dealkylation sites (N-methyl/N-ethyl adjacent to an activating group) is 1. The zero-order valence-electron chi connectivity index (χ0n) is 13.8. The van der Waals surface area contributed by atoms with Gasteiger partial charge >= 0.3 is 6.18 Å². The van der Waals surface area contributed by atoms with E-state index < -0.39 is 17.6 Å². The van der Waals surface area contributed by atoms with Crippen molar-refractivity contribution in [1.29, 1.82) is 0 Å². The number of aryl methyl sites for hydroxylation is 1. The number of anilines is 1. The first-order valence-electron chi connectivity index (χ1n) is 7.56. The van der Waals surface area contributed by atoms with E-state index in [0.717, 1.165) is 23.3 Å².